The molecule has 0 saturated carbocycles. The number of fused-ring (bicyclic) bond motifs is 1. The van der Waals surface area contributed by atoms with Crippen molar-refractivity contribution in [1.29, 1.82) is 0 Å². The molecule has 0 aliphatic heterocycles. The highest BCUT2D eigenvalue weighted by Gasteiger charge is 2.19. The van der Waals surface area contributed by atoms with E-state index in [1.807, 2.05) is 60.9 Å². The Balaban J connectivity index is 1.69. The Morgan fingerprint density at radius 3 is 2.41 bits per heavy atom. The normalized spacial score (nSPS) is 13.1. The van der Waals surface area contributed by atoms with E-state index >= 15 is 0 Å². The molecule has 0 radical (unpaired) electrons. The Hall–Kier alpha value is -3.15. The molecule has 0 spiro atoms. The quantitative estimate of drug-likeness (QED) is 0.617. The number of carbonyl (C=O) groups excluding carboxylic acids is 2. The molecule has 2 aromatic carbocycles. The molecule has 152 valence electrons. The smallest absolute Gasteiger partial charge is 0.240 e. The zero-order valence-electron chi connectivity index (χ0n) is 17.2. The van der Waals surface area contributed by atoms with Gasteiger partial charge in [0.1, 0.15) is 12.4 Å². The highest BCUT2D eigenvalue weighted by molar-refractivity contribution is 5.81. The molecule has 2 amide bonds. The first-order valence-electron chi connectivity index (χ1n) is 9.99. The second-order valence-electron chi connectivity index (χ2n) is 7.46. The third kappa shape index (κ3) is 5.44. The lowest BCUT2D eigenvalue weighted by Gasteiger charge is -2.17. The molecule has 0 fully saturated rings. The fourth-order valence-electron chi connectivity index (χ4n) is 3.52. The maximum atomic E-state index is 12.7. The summed E-state index contributed by atoms with van der Waals surface area (Å²) in [5.41, 5.74) is 2.96. The van der Waals surface area contributed by atoms with Gasteiger partial charge in [0.2, 0.25) is 11.8 Å². The lowest BCUT2D eigenvalue weighted by molar-refractivity contribution is -0.122. The van der Waals surface area contributed by atoms with Gasteiger partial charge in [0.15, 0.2) is 0 Å². The first-order valence-corrected chi connectivity index (χ1v) is 9.99. The highest BCUT2D eigenvalue weighted by atomic mass is 16.2. The van der Waals surface area contributed by atoms with Crippen molar-refractivity contribution in [2.45, 2.75) is 52.2 Å². The molecule has 6 nitrogen and oxygen atoms in total. The molecule has 0 saturated heterocycles. The van der Waals surface area contributed by atoms with Crippen LogP contribution in [-0.2, 0) is 22.6 Å². The van der Waals surface area contributed by atoms with Gasteiger partial charge >= 0.3 is 0 Å². The van der Waals surface area contributed by atoms with Crippen molar-refractivity contribution in [3.8, 4) is 0 Å². The SMILES string of the molecule is CC(=O)N[C@H](C)c1nc2ccccc2n1CC(=O)N[C@H](C)CCc1ccccc1. The minimum absolute atomic E-state index is 0.0636. The molecule has 0 aliphatic carbocycles. The lowest BCUT2D eigenvalue weighted by atomic mass is 10.1. The van der Waals surface area contributed by atoms with Crippen LogP contribution in [-0.4, -0.2) is 27.4 Å². The number of carbonyl (C=O) groups is 2. The standard InChI is InChI=1S/C23H28N4O2/c1-16(13-14-19-9-5-4-6-10-19)24-22(29)15-27-21-12-8-7-11-20(21)26-23(27)17(2)25-18(3)28/h4-12,16-17H,13-15H2,1-3H3,(H,24,29)(H,25,28)/t16-,17-/m1/s1. The van der Waals surface area contributed by atoms with Crippen LogP contribution in [0.25, 0.3) is 11.0 Å². The number of amides is 2. The molecule has 2 N–H and O–H groups in total. The number of hydrogen-bond donors (Lipinski definition) is 2. The summed E-state index contributed by atoms with van der Waals surface area (Å²) in [7, 11) is 0. The van der Waals surface area contributed by atoms with Crippen LogP contribution >= 0.6 is 0 Å². The number of benzene rings is 2. The predicted octanol–water partition coefficient (Wildman–Crippen LogP) is 3.37. The van der Waals surface area contributed by atoms with Gasteiger partial charge in [0, 0.05) is 13.0 Å². The largest absolute Gasteiger partial charge is 0.352 e. The Bertz CT molecular complexity index is 981. The first-order chi connectivity index (χ1) is 13.9. The molecular weight excluding hydrogens is 364 g/mol. The van der Waals surface area contributed by atoms with Crippen molar-refractivity contribution >= 4 is 22.8 Å². The molecule has 6 heteroatoms. The molecule has 1 aromatic heterocycles. The van der Waals surface area contributed by atoms with E-state index in [9.17, 15) is 9.59 Å². The highest BCUT2D eigenvalue weighted by Crippen LogP contribution is 2.20. The summed E-state index contributed by atoms with van der Waals surface area (Å²) in [6.07, 6.45) is 1.79. The van der Waals surface area contributed by atoms with Crippen molar-refractivity contribution in [3.05, 3.63) is 66.0 Å². The summed E-state index contributed by atoms with van der Waals surface area (Å²) in [4.78, 5) is 28.9. The number of para-hydroxylation sites is 2. The minimum atomic E-state index is -0.289. The third-order valence-electron chi connectivity index (χ3n) is 4.91. The van der Waals surface area contributed by atoms with E-state index in [2.05, 4.69) is 27.8 Å². The molecule has 2 atom stereocenters. The van der Waals surface area contributed by atoms with Crippen molar-refractivity contribution in [3.63, 3.8) is 0 Å². The van der Waals surface area contributed by atoms with Crippen LogP contribution in [0.1, 0.15) is 44.6 Å². The number of nitrogens with one attached hydrogen (secondary N) is 2. The summed E-state index contributed by atoms with van der Waals surface area (Å²) in [6, 6.07) is 17.7. The Morgan fingerprint density at radius 2 is 1.69 bits per heavy atom. The summed E-state index contributed by atoms with van der Waals surface area (Å²) in [5.74, 6) is 0.480. The fraction of sp³-hybridized carbons (Fsp3) is 0.348. The van der Waals surface area contributed by atoms with Crippen LogP contribution in [0.4, 0.5) is 0 Å². The van der Waals surface area contributed by atoms with Crippen molar-refractivity contribution in [2.24, 2.45) is 0 Å². The van der Waals surface area contributed by atoms with Gasteiger partial charge in [0.05, 0.1) is 17.1 Å². The molecule has 0 aliphatic rings. The number of aromatic nitrogens is 2. The summed E-state index contributed by atoms with van der Waals surface area (Å²) >= 11 is 0. The van der Waals surface area contributed by atoms with Gasteiger partial charge < -0.3 is 15.2 Å². The predicted molar refractivity (Wildman–Crippen MR) is 114 cm³/mol. The summed E-state index contributed by atoms with van der Waals surface area (Å²) in [5, 5.41) is 5.94. The van der Waals surface area contributed by atoms with Crippen LogP contribution in [0.3, 0.4) is 0 Å². The maximum Gasteiger partial charge on any atom is 0.240 e. The minimum Gasteiger partial charge on any atom is -0.352 e. The zero-order chi connectivity index (χ0) is 20.8. The van der Waals surface area contributed by atoms with Crippen LogP contribution in [0.5, 0.6) is 0 Å². The number of aryl methyl sites for hydroxylation is 1. The molecule has 0 bridgehead atoms. The van der Waals surface area contributed by atoms with Gasteiger partial charge in [-0.15, -0.1) is 0 Å². The number of rotatable bonds is 8. The van der Waals surface area contributed by atoms with E-state index < -0.39 is 0 Å². The Morgan fingerprint density at radius 1 is 1.00 bits per heavy atom. The molecular formula is C23H28N4O2. The average Bonchev–Trinajstić information content (AvgIpc) is 3.05. The van der Waals surface area contributed by atoms with Crippen LogP contribution in [0.15, 0.2) is 54.6 Å². The van der Waals surface area contributed by atoms with Gasteiger partial charge in [-0.3, -0.25) is 9.59 Å². The van der Waals surface area contributed by atoms with Crippen LogP contribution in [0.2, 0.25) is 0 Å². The second kappa shape index (κ2) is 9.37. The number of nitrogens with zero attached hydrogens (tertiary/aromatic N) is 2. The third-order valence-corrected chi connectivity index (χ3v) is 4.91. The van der Waals surface area contributed by atoms with E-state index in [0.717, 1.165) is 23.9 Å². The van der Waals surface area contributed by atoms with Crippen molar-refractivity contribution in [2.75, 3.05) is 0 Å². The van der Waals surface area contributed by atoms with Crippen LogP contribution in [0, 0.1) is 0 Å². The molecule has 0 unspecified atom stereocenters. The zero-order valence-corrected chi connectivity index (χ0v) is 17.2. The Kier molecular flexibility index (Phi) is 6.65. The maximum absolute atomic E-state index is 12.7. The molecule has 29 heavy (non-hydrogen) atoms. The van der Waals surface area contributed by atoms with Crippen molar-refractivity contribution in [1.82, 2.24) is 20.2 Å². The molecule has 3 aromatic rings. The second-order valence-corrected chi connectivity index (χ2v) is 7.46. The Labute approximate surface area is 171 Å². The number of hydrogen-bond acceptors (Lipinski definition) is 3. The van der Waals surface area contributed by atoms with E-state index in [-0.39, 0.29) is 30.4 Å². The van der Waals surface area contributed by atoms with Gasteiger partial charge in [-0.25, -0.2) is 4.98 Å². The number of imidazole rings is 1. The summed E-state index contributed by atoms with van der Waals surface area (Å²) in [6.45, 7) is 5.53. The van der Waals surface area contributed by atoms with E-state index in [0.29, 0.717) is 5.82 Å². The average molecular weight is 393 g/mol. The van der Waals surface area contributed by atoms with Gasteiger partial charge in [0.25, 0.3) is 0 Å². The topological polar surface area (TPSA) is 76.0 Å². The van der Waals surface area contributed by atoms with E-state index in [1.165, 1.54) is 12.5 Å². The van der Waals surface area contributed by atoms with Gasteiger partial charge in [-0.05, 0) is 44.4 Å². The van der Waals surface area contributed by atoms with E-state index in [1.54, 1.807) is 0 Å². The van der Waals surface area contributed by atoms with E-state index in [4.69, 9.17) is 0 Å². The molecule has 3 rings (SSSR count). The van der Waals surface area contributed by atoms with Crippen LogP contribution < -0.4 is 10.6 Å². The molecule has 1 heterocycles. The van der Waals surface area contributed by atoms with Gasteiger partial charge in [-0.1, -0.05) is 42.5 Å². The first kappa shape index (κ1) is 20.6. The monoisotopic (exact) mass is 392 g/mol. The lowest BCUT2D eigenvalue weighted by Crippen LogP contribution is -2.36. The summed E-state index contributed by atoms with van der Waals surface area (Å²) < 4.78 is 1.88. The van der Waals surface area contributed by atoms with Crippen molar-refractivity contribution < 1.29 is 9.59 Å². The fourth-order valence-corrected chi connectivity index (χ4v) is 3.52. The van der Waals surface area contributed by atoms with Gasteiger partial charge in [-0.2, -0.15) is 0 Å².